The van der Waals surface area contributed by atoms with E-state index in [1.54, 1.807) is 12.1 Å². The van der Waals surface area contributed by atoms with E-state index in [-0.39, 0.29) is 18.2 Å². The first-order valence-corrected chi connectivity index (χ1v) is 8.43. The molecule has 24 heavy (non-hydrogen) atoms. The van der Waals surface area contributed by atoms with Crippen molar-refractivity contribution in [1.82, 2.24) is 10.6 Å². The normalized spacial score (nSPS) is 10.0. The quantitative estimate of drug-likeness (QED) is 0.680. The molecule has 2 aromatic carbocycles. The number of hydrogen-bond donors (Lipinski definition) is 2. The topological polar surface area (TPSA) is 67.4 Å². The fourth-order valence-electron chi connectivity index (χ4n) is 1.98. The van der Waals surface area contributed by atoms with Gasteiger partial charge in [0.2, 0.25) is 5.91 Å². The Hall–Kier alpha value is -2.34. The van der Waals surface area contributed by atoms with E-state index in [0.29, 0.717) is 31.0 Å². The molecule has 2 aromatic rings. The van der Waals surface area contributed by atoms with Gasteiger partial charge in [0.15, 0.2) is 0 Å². The van der Waals surface area contributed by atoms with Gasteiger partial charge in [-0.15, -0.1) is 0 Å². The molecule has 126 valence electrons. The van der Waals surface area contributed by atoms with Crippen LogP contribution in [0.5, 0.6) is 5.75 Å². The van der Waals surface area contributed by atoms with Crippen LogP contribution in [-0.2, 0) is 4.79 Å². The molecule has 0 aliphatic heterocycles. The van der Waals surface area contributed by atoms with E-state index in [4.69, 9.17) is 4.74 Å². The summed E-state index contributed by atoms with van der Waals surface area (Å²) in [6.45, 7) is 1.07. The minimum absolute atomic E-state index is 0.112. The lowest BCUT2D eigenvalue weighted by atomic mass is 10.2. The minimum Gasteiger partial charge on any atom is -0.493 e. The van der Waals surface area contributed by atoms with Crippen LogP contribution < -0.4 is 15.4 Å². The van der Waals surface area contributed by atoms with Crippen LogP contribution in [0.4, 0.5) is 0 Å². The molecule has 0 spiro atoms. The number of carbonyl (C=O) groups is 2. The van der Waals surface area contributed by atoms with Gasteiger partial charge < -0.3 is 15.4 Å². The van der Waals surface area contributed by atoms with Crippen molar-refractivity contribution in [1.29, 1.82) is 0 Å². The van der Waals surface area contributed by atoms with Crippen molar-refractivity contribution in [2.75, 3.05) is 19.7 Å². The first-order valence-electron chi connectivity index (χ1n) is 7.63. The molecule has 0 aliphatic carbocycles. The summed E-state index contributed by atoms with van der Waals surface area (Å²) < 4.78 is 6.43. The Morgan fingerprint density at radius 1 is 0.958 bits per heavy atom. The van der Waals surface area contributed by atoms with Crippen LogP contribution in [0, 0.1) is 0 Å². The number of amides is 2. The van der Waals surface area contributed by atoms with Crippen molar-refractivity contribution in [2.24, 2.45) is 0 Å². The second-order valence-corrected chi connectivity index (χ2v) is 5.94. The summed E-state index contributed by atoms with van der Waals surface area (Å²) in [6, 6.07) is 16.4. The Labute approximate surface area is 149 Å². The summed E-state index contributed by atoms with van der Waals surface area (Å²) in [6.07, 6.45) is 0.263. The van der Waals surface area contributed by atoms with Gasteiger partial charge in [-0.1, -0.05) is 40.2 Å². The Bertz CT molecular complexity index is 677. The molecule has 0 fully saturated rings. The van der Waals surface area contributed by atoms with Crippen LogP contribution in [0.25, 0.3) is 0 Å². The van der Waals surface area contributed by atoms with Crippen LogP contribution in [0.1, 0.15) is 16.8 Å². The summed E-state index contributed by atoms with van der Waals surface area (Å²) in [5.74, 6) is 0.453. The van der Waals surface area contributed by atoms with Gasteiger partial charge in [0.05, 0.1) is 13.0 Å². The van der Waals surface area contributed by atoms with Gasteiger partial charge in [0.25, 0.3) is 5.91 Å². The fourth-order valence-corrected chi connectivity index (χ4v) is 2.35. The molecule has 0 aliphatic rings. The smallest absolute Gasteiger partial charge is 0.251 e. The monoisotopic (exact) mass is 390 g/mol. The van der Waals surface area contributed by atoms with Crippen LogP contribution in [0.2, 0.25) is 0 Å². The molecule has 0 bridgehead atoms. The maximum Gasteiger partial charge on any atom is 0.251 e. The fraction of sp³-hybridized carbons (Fsp3) is 0.222. The molecule has 0 saturated heterocycles. The predicted molar refractivity (Wildman–Crippen MR) is 96.0 cm³/mol. The van der Waals surface area contributed by atoms with Crippen molar-refractivity contribution in [3.8, 4) is 5.75 Å². The second-order valence-electron chi connectivity index (χ2n) is 5.03. The van der Waals surface area contributed by atoms with E-state index in [2.05, 4.69) is 26.6 Å². The summed E-state index contributed by atoms with van der Waals surface area (Å²) in [7, 11) is 0. The highest BCUT2D eigenvalue weighted by molar-refractivity contribution is 9.10. The number of rotatable bonds is 8. The number of carbonyl (C=O) groups excluding carboxylic acids is 2. The molecule has 0 atom stereocenters. The minimum atomic E-state index is -0.150. The molecule has 0 radical (unpaired) electrons. The number of ether oxygens (including phenoxy) is 1. The standard InChI is InChI=1S/C18H19BrN2O3/c19-15-7-4-8-16(13-15)24-12-9-17(22)20-10-11-21-18(23)14-5-2-1-3-6-14/h1-8,13H,9-12H2,(H,20,22)(H,21,23). The van der Waals surface area contributed by atoms with Gasteiger partial charge in [-0.3, -0.25) is 9.59 Å². The Morgan fingerprint density at radius 3 is 2.46 bits per heavy atom. The molecular formula is C18H19BrN2O3. The molecule has 2 rings (SSSR count). The summed E-state index contributed by atoms with van der Waals surface area (Å²) in [4.78, 5) is 23.5. The molecule has 2 amide bonds. The van der Waals surface area contributed by atoms with E-state index < -0.39 is 0 Å². The second kappa shape index (κ2) is 9.72. The molecule has 5 nitrogen and oxygen atoms in total. The van der Waals surface area contributed by atoms with Gasteiger partial charge in [-0.2, -0.15) is 0 Å². The highest BCUT2D eigenvalue weighted by Crippen LogP contribution is 2.17. The Kier molecular flexibility index (Phi) is 7.29. The summed E-state index contributed by atoms with van der Waals surface area (Å²) in [5.41, 5.74) is 0.603. The Balaban J connectivity index is 1.57. The van der Waals surface area contributed by atoms with E-state index in [9.17, 15) is 9.59 Å². The van der Waals surface area contributed by atoms with Gasteiger partial charge >= 0.3 is 0 Å². The van der Waals surface area contributed by atoms with Gasteiger partial charge in [0.1, 0.15) is 5.75 Å². The van der Waals surface area contributed by atoms with Crippen LogP contribution in [0.15, 0.2) is 59.1 Å². The summed E-state index contributed by atoms with van der Waals surface area (Å²) >= 11 is 3.36. The SMILES string of the molecule is O=C(CCOc1cccc(Br)c1)NCCNC(=O)c1ccccc1. The highest BCUT2D eigenvalue weighted by Gasteiger charge is 2.05. The van der Waals surface area contributed by atoms with Crippen molar-refractivity contribution < 1.29 is 14.3 Å². The summed E-state index contributed by atoms with van der Waals surface area (Å²) in [5, 5.41) is 5.50. The maximum absolute atomic E-state index is 11.8. The lowest BCUT2D eigenvalue weighted by Crippen LogP contribution is -2.35. The largest absolute Gasteiger partial charge is 0.493 e. The number of benzene rings is 2. The molecule has 0 unspecified atom stereocenters. The average Bonchev–Trinajstić information content (AvgIpc) is 2.59. The lowest BCUT2D eigenvalue weighted by Gasteiger charge is -2.08. The molecule has 0 aromatic heterocycles. The first-order chi connectivity index (χ1) is 11.6. The van der Waals surface area contributed by atoms with Gasteiger partial charge in [-0.25, -0.2) is 0 Å². The third-order valence-corrected chi connectivity index (χ3v) is 3.66. The third kappa shape index (κ3) is 6.42. The zero-order valence-electron chi connectivity index (χ0n) is 13.1. The zero-order chi connectivity index (χ0) is 17.2. The van der Waals surface area contributed by atoms with Crippen molar-refractivity contribution in [3.63, 3.8) is 0 Å². The maximum atomic E-state index is 11.8. The predicted octanol–water partition coefficient (Wildman–Crippen LogP) is 2.76. The lowest BCUT2D eigenvalue weighted by molar-refractivity contribution is -0.121. The van der Waals surface area contributed by atoms with Gasteiger partial charge in [0, 0.05) is 23.1 Å². The third-order valence-electron chi connectivity index (χ3n) is 3.16. The molecular weight excluding hydrogens is 372 g/mol. The molecule has 2 N–H and O–H groups in total. The number of nitrogens with one attached hydrogen (secondary N) is 2. The number of hydrogen-bond acceptors (Lipinski definition) is 3. The molecule has 0 saturated carbocycles. The van der Waals surface area contributed by atoms with Crippen molar-refractivity contribution in [3.05, 3.63) is 64.6 Å². The van der Waals surface area contributed by atoms with Crippen molar-refractivity contribution in [2.45, 2.75) is 6.42 Å². The van der Waals surface area contributed by atoms with E-state index in [0.717, 1.165) is 4.47 Å². The Morgan fingerprint density at radius 2 is 1.71 bits per heavy atom. The highest BCUT2D eigenvalue weighted by atomic mass is 79.9. The van der Waals surface area contributed by atoms with Gasteiger partial charge in [-0.05, 0) is 30.3 Å². The van der Waals surface area contributed by atoms with Crippen molar-refractivity contribution >= 4 is 27.7 Å². The number of halogens is 1. The molecule has 0 heterocycles. The van der Waals surface area contributed by atoms with Crippen LogP contribution in [0.3, 0.4) is 0 Å². The zero-order valence-corrected chi connectivity index (χ0v) is 14.7. The van der Waals surface area contributed by atoms with E-state index >= 15 is 0 Å². The van der Waals surface area contributed by atoms with Crippen LogP contribution >= 0.6 is 15.9 Å². The van der Waals surface area contributed by atoms with Crippen LogP contribution in [-0.4, -0.2) is 31.5 Å². The van der Waals surface area contributed by atoms with E-state index in [1.807, 2.05) is 42.5 Å². The van der Waals surface area contributed by atoms with E-state index in [1.165, 1.54) is 0 Å². The average molecular weight is 391 g/mol. The first kappa shape index (κ1) is 18.0. The molecule has 6 heteroatoms.